The van der Waals surface area contributed by atoms with Crippen molar-refractivity contribution in [3.05, 3.63) is 48.0 Å². The standard InChI is InChI=1S/C18H22FN3O3/c19-14-7-9-15(10-8-14)22-13-11-16(21-22)18(25)20-12-5-3-1-2-4-6-17(23)24/h7-11,13H,1-6,12H2,(H,20,25)(H,23,24). The molecule has 25 heavy (non-hydrogen) atoms. The lowest BCUT2D eigenvalue weighted by atomic mass is 10.1. The summed E-state index contributed by atoms with van der Waals surface area (Å²) in [6, 6.07) is 7.48. The van der Waals surface area contributed by atoms with Crippen LogP contribution in [0.1, 0.15) is 49.0 Å². The van der Waals surface area contributed by atoms with Gasteiger partial charge in [0.25, 0.3) is 5.91 Å². The maximum atomic E-state index is 12.9. The number of aromatic nitrogens is 2. The molecule has 0 saturated heterocycles. The molecule has 1 aromatic heterocycles. The van der Waals surface area contributed by atoms with Crippen LogP contribution in [-0.2, 0) is 4.79 Å². The number of hydrogen-bond donors (Lipinski definition) is 2. The fourth-order valence-corrected chi connectivity index (χ4v) is 2.41. The molecule has 0 aliphatic rings. The van der Waals surface area contributed by atoms with Crippen molar-refractivity contribution in [2.75, 3.05) is 6.54 Å². The topological polar surface area (TPSA) is 84.2 Å². The van der Waals surface area contributed by atoms with Crippen molar-refractivity contribution in [2.45, 2.75) is 38.5 Å². The molecule has 6 nitrogen and oxygen atoms in total. The Balaban J connectivity index is 1.68. The monoisotopic (exact) mass is 347 g/mol. The highest BCUT2D eigenvalue weighted by atomic mass is 19.1. The molecule has 2 aromatic rings. The van der Waals surface area contributed by atoms with Gasteiger partial charge >= 0.3 is 5.97 Å². The molecule has 0 saturated carbocycles. The highest BCUT2D eigenvalue weighted by Gasteiger charge is 2.09. The maximum absolute atomic E-state index is 12.9. The number of hydrogen-bond acceptors (Lipinski definition) is 3. The van der Waals surface area contributed by atoms with Crippen LogP contribution in [0.3, 0.4) is 0 Å². The number of carboxylic acid groups (broad SMARTS) is 1. The van der Waals surface area contributed by atoms with E-state index in [4.69, 9.17) is 5.11 Å². The summed E-state index contributed by atoms with van der Waals surface area (Å²) in [5, 5.41) is 15.5. The molecular weight excluding hydrogens is 325 g/mol. The lowest BCUT2D eigenvalue weighted by molar-refractivity contribution is -0.137. The molecule has 2 rings (SSSR count). The number of benzene rings is 1. The number of halogens is 1. The van der Waals surface area contributed by atoms with E-state index in [0.717, 1.165) is 25.7 Å². The van der Waals surface area contributed by atoms with E-state index in [9.17, 15) is 14.0 Å². The number of unbranched alkanes of at least 4 members (excludes halogenated alkanes) is 4. The molecule has 0 radical (unpaired) electrons. The second-order valence-corrected chi connectivity index (χ2v) is 5.79. The lowest BCUT2D eigenvalue weighted by Crippen LogP contribution is -2.25. The third kappa shape index (κ3) is 6.37. The van der Waals surface area contributed by atoms with Gasteiger partial charge in [-0.2, -0.15) is 5.10 Å². The van der Waals surface area contributed by atoms with Gasteiger partial charge < -0.3 is 10.4 Å². The number of amides is 1. The van der Waals surface area contributed by atoms with E-state index >= 15 is 0 Å². The fourth-order valence-electron chi connectivity index (χ4n) is 2.41. The summed E-state index contributed by atoms with van der Waals surface area (Å²) in [7, 11) is 0. The lowest BCUT2D eigenvalue weighted by Gasteiger charge is -2.04. The molecule has 0 bridgehead atoms. The number of carbonyl (C=O) groups is 2. The van der Waals surface area contributed by atoms with Gasteiger partial charge in [-0.15, -0.1) is 0 Å². The summed E-state index contributed by atoms with van der Waals surface area (Å²) >= 11 is 0. The summed E-state index contributed by atoms with van der Waals surface area (Å²) in [4.78, 5) is 22.4. The Hall–Kier alpha value is -2.70. The second kappa shape index (κ2) is 9.56. The highest BCUT2D eigenvalue weighted by Crippen LogP contribution is 2.09. The first-order valence-electron chi connectivity index (χ1n) is 8.38. The zero-order valence-corrected chi connectivity index (χ0v) is 13.9. The minimum absolute atomic E-state index is 0.216. The molecule has 0 aliphatic heterocycles. The normalized spacial score (nSPS) is 10.6. The van der Waals surface area contributed by atoms with Crippen molar-refractivity contribution in [2.24, 2.45) is 0 Å². The van der Waals surface area contributed by atoms with Gasteiger partial charge in [0.05, 0.1) is 5.69 Å². The molecule has 134 valence electrons. The quantitative estimate of drug-likeness (QED) is 0.647. The summed E-state index contributed by atoms with van der Waals surface area (Å²) in [6.45, 7) is 0.557. The Morgan fingerprint density at radius 2 is 1.72 bits per heavy atom. The predicted octanol–water partition coefficient (Wildman–Crippen LogP) is 3.17. The maximum Gasteiger partial charge on any atom is 0.303 e. The van der Waals surface area contributed by atoms with Gasteiger partial charge in [-0.05, 0) is 43.2 Å². The van der Waals surface area contributed by atoms with Crippen LogP contribution in [0.2, 0.25) is 0 Å². The van der Waals surface area contributed by atoms with Gasteiger partial charge in [0.15, 0.2) is 5.69 Å². The zero-order valence-electron chi connectivity index (χ0n) is 13.9. The van der Waals surface area contributed by atoms with E-state index in [1.165, 1.54) is 16.8 Å². The first-order chi connectivity index (χ1) is 12.1. The van der Waals surface area contributed by atoms with Crippen LogP contribution in [0.4, 0.5) is 4.39 Å². The van der Waals surface area contributed by atoms with Crippen LogP contribution in [0.25, 0.3) is 5.69 Å². The summed E-state index contributed by atoms with van der Waals surface area (Å²) < 4.78 is 14.4. The van der Waals surface area contributed by atoms with Crippen LogP contribution < -0.4 is 5.32 Å². The average Bonchev–Trinajstić information content (AvgIpc) is 3.07. The number of aliphatic carboxylic acids is 1. The van der Waals surface area contributed by atoms with E-state index in [1.807, 2.05) is 0 Å². The Morgan fingerprint density at radius 3 is 2.44 bits per heavy atom. The number of nitrogens with one attached hydrogen (secondary N) is 1. The van der Waals surface area contributed by atoms with Crippen molar-refractivity contribution in [3.63, 3.8) is 0 Å². The SMILES string of the molecule is O=C(O)CCCCCCCNC(=O)c1ccn(-c2ccc(F)cc2)n1. The minimum atomic E-state index is -0.757. The van der Waals surface area contributed by atoms with E-state index in [0.29, 0.717) is 24.3 Å². The summed E-state index contributed by atoms with van der Waals surface area (Å²) in [5.74, 6) is -1.32. The number of carbonyl (C=O) groups excluding carboxylic acids is 1. The van der Waals surface area contributed by atoms with Crippen molar-refractivity contribution >= 4 is 11.9 Å². The van der Waals surface area contributed by atoms with Gasteiger partial charge in [0, 0.05) is 19.2 Å². The molecule has 7 heteroatoms. The molecule has 1 heterocycles. The fraction of sp³-hybridized carbons (Fsp3) is 0.389. The summed E-state index contributed by atoms with van der Waals surface area (Å²) in [6.07, 6.45) is 6.21. The van der Waals surface area contributed by atoms with Gasteiger partial charge in [-0.25, -0.2) is 9.07 Å². The van der Waals surface area contributed by atoms with E-state index in [-0.39, 0.29) is 18.1 Å². The van der Waals surface area contributed by atoms with Crippen LogP contribution in [0.5, 0.6) is 0 Å². The molecule has 0 atom stereocenters. The Kier molecular flexibility index (Phi) is 7.13. The van der Waals surface area contributed by atoms with Gasteiger partial charge in [0.1, 0.15) is 5.82 Å². The Bertz CT molecular complexity index is 698. The number of nitrogens with zero attached hydrogens (tertiary/aromatic N) is 2. The zero-order chi connectivity index (χ0) is 18.1. The van der Waals surface area contributed by atoms with Crippen molar-refractivity contribution < 1.29 is 19.1 Å². The average molecular weight is 347 g/mol. The summed E-state index contributed by atoms with van der Waals surface area (Å²) in [5.41, 5.74) is 0.993. The smallest absolute Gasteiger partial charge is 0.303 e. The third-order valence-electron chi connectivity index (χ3n) is 3.77. The molecule has 1 amide bonds. The van der Waals surface area contributed by atoms with Gasteiger partial charge in [-0.1, -0.05) is 19.3 Å². The molecule has 2 N–H and O–H groups in total. The third-order valence-corrected chi connectivity index (χ3v) is 3.77. The highest BCUT2D eigenvalue weighted by molar-refractivity contribution is 5.92. The van der Waals surface area contributed by atoms with Crippen LogP contribution >= 0.6 is 0 Å². The largest absolute Gasteiger partial charge is 0.481 e. The second-order valence-electron chi connectivity index (χ2n) is 5.79. The minimum Gasteiger partial charge on any atom is -0.481 e. The molecular formula is C18H22FN3O3. The first kappa shape index (κ1) is 18.6. The van der Waals surface area contributed by atoms with Crippen molar-refractivity contribution in [1.29, 1.82) is 0 Å². The number of rotatable bonds is 10. The molecule has 0 spiro atoms. The Labute approximate surface area is 145 Å². The molecule has 0 unspecified atom stereocenters. The molecule has 1 aromatic carbocycles. The van der Waals surface area contributed by atoms with Crippen LogP contribution in [-0.4, -0.2) is 33.3 Å². The Morgan fingerprint density at radius 1 is 1.04 bits per heavy atom. The van der Waals surface area contributed by atoms with E-state index in [2.05, 4.69) is 10.4 Å². The first-order valence-corrected chi connectivity index (χ1v) is 8.38. The predicted molar refractivity (Wildman–Crippen MR) is 91.2 cm³/mol. The van der Waals surface area contributed by atoms with Crippen LogP contribution in [0, 0.1) is 5.82 Å². The van der Waals surface area contributed by atoms with Crippen molar-refractivity contribution in [1.82, 2.24) is 15.1 Å². The van der Waals surface area contributed by atoms with Crippen molar-refractivity contribution in [3.8, 4) is 5.69 Å². The number of carboxylic acids is 1. The van der Waals surface area contributed by atoms with Gasteiger partial charge in [-0.3, -0.25) is 9.59 Å². The van der Waals surface area contributed by atoms with Crippen LogP contribution in [0.15, 0.2) is 36.5 Å². The molecule has 0 fully saturated rings. The van der Waals surface area contributed by atoms with E-state index in [1.54, 1.807) is 24.4 Å². The molecule has 0 aliphatic carbocycles. The van der Waals surface area contributed by atoms with Gasteiger partial charge in [0.2, 0.25) is 0 Å². The van der Waals surface area contributed by atoms with E-state index < -0.39 is 5.97 Å².